The Labute approximate surface area is 80.0 Å². The quantitative estimate of drug-likeness (QED) is 0.673. The van der Waals surface area contributed by atoms with Gasteiger partial charge in [0.25, 0.3) is 0 Å². The average Bonchev–Trinajstić information content (AvgIpc) is 2.10. The third-order valence-corrected chi connectivity index (χ3v) is 2.50. The zero-order valence-corrected chi connectivity index (χ0v) is 8.46. The van der Waals surface area contributed by atoms with Crippen LogP contribution >= 0.6 is 0 Å². The van der Waals surface area contributed by atoms with Crippen LogP contribution in [0.5, 0.6) is 0 Å². The fraction of sp³-hybridized carbons (Fsp3) is 0.417. The Kier molecular flexibility index (Phi) is 3.08. The number of hydrogen-bond acceptors (Lipinski definition) is 1. The molecule has 0 aliphatic carbocycles. The van der Waals surface area contributed by atoms with E-state index < -0.39 is 0 Å². The summed E-state index contributed by atoms with van der Waals surface area (Å²) in [5.74, 6) is 0.351. The molecule has 0 aliphatic rings. The summed E-state index contributed by atoms with van der Waals surface area (Å²) < 4.78 is 0. The SMILES string of the molecule is Cc1ccc(C(C)CC#N)cc1C. The standard InChI is InChI=1S/C12H15N/c1-9-4-5-12(8-11(9)3)10(2)6-7-13/h4-5,8,10H,6H2,1-3H3. The van der Waals surface area contributed by atoms with E-state index in [1.54, 1.807) is 0 Å². The van der Waals surface area contributed by atoms with Crippen molar-refractivity contribution < 1.29 is 0 Å². The Morgan fingerprint density at radius 3 is 2.54 bits per heavy atom. The highest BCUT2D eigenvalue weighted by Crippen LogP contribution is 2.20. The fourth-order valence-electron chi connectivity index (χ4n) is 1.33. The van der Waals surface area contributed by atoms with Crippen LogP contribution in [-0.2, 0) is 0 Å². The first-order valence-corrected chi connectivity index (χ1v) is 4.59. The van der Waals surface area contributed by atoms with Crippen molar-refractivity contribution in [3.63, 3.8) is 0 Å². The molecule has 0 spiro atoms. The number of nitriles is 1. The van der Waals surface area contributed by atoms with Gasteiger partial charge in [0.2, 0.25) is 0 Å². The van der Waals surface area contributed by atoms with Gasteiger partial charge in [-0.25, -0.2) is 0 Å². The molecule has 68 valence electrons. The lowest BCUT2D eigenvalue weighted by Crippen LogP contribution is -1.93. The van der Waals surface area contributed by atoms with Gasteiger partial charge in [0.05, 0.1) is 6.07 Å². The number of aryl methyl sites for hydroxylation is 2. The van der Waals surface area contributed by atoms with Crippen molar-refractivity contribution in [2.45, 2.75) is 33.1 Å². The Morgan fingerprint density at radius 1 is 1.31 bits per heavy atom. The van der Waals surface area contributed by atoms with Gasteiger partial charge in [-0.2, -0.15) is 5.26 Å². The van der Waals surface area contributed by atoms with Gasteiger partial charge in [0.1, 0.15) is 0 Å². The van der Waals surface area contributed by atoms with Gasteiger partial charge >= 0.3 is 0 Å². The van der Waals surface area contributed by atoms with E-state index >= 15 is 0 Å². The van der Waals surface area contributed by atoms with E-state index in [1.165, 1.54) is 16.7 Å². The third-order valence-electron chi connectivity index (χ3n) is 2.50. The van der Waals surface area contributed by atoms with E-state index in [2.05, 4.69) is 45.0 Å². The maximum absolute atomic E-state index is 8.57. The van der Waals surface area contributed by atoms with Gasteiger partial charge in [-0.05, 0) is 36.5 Å². The molecule has 0 saturated carbocycles. The average molecular weight is 173 g/mol. The van der Waals surface area contributed by atoms with E-state index in [4.69, 9.17) is 5.26 Å². The Hall–Kier alpha value is -1.29. The van der Waals surface area contributed by atoms with Crippen LogP contribution in [0.15, 0.2) is 18.2 Å². The van der Waals surface area contributed by atoms with Gasteiger partial charge in [-0.1, -0.05) is 25.1 Å². The van der Waals surface area contributed by atoms with Gasteiger partial charge in [0, 0.05) is 6.42 Å². The minimum atomic E-state index is 0.351. The lowest BCUT2D eigenvalue weighted by Gasteiger charge is -2.09. The molecule has 0 aromatic heterocycles. The third kappa shape index (κ3) is 2.32. The van der Waals surface area contributed by atoms with Crippen molar-refractivity contribution in [1.82, 2.24) is 0 Å². The molecule has 1 heteroatoms. The molecule has 1 aromatic rings. The topological polar surface area (TPSA) is 23.8 Å². The van der Waals surface area contributed by atoms with Crippen molar-refractivity contribution in [1.29, 1.82) is 5.26 Å². The summed E-state index contributed by atoms with van der Waals surface area (Å²) in [5.41, 5.74) is 3.89. The summed E-state index contributed by atoms with van der Waals surface area (Å²) in [4.78, 5) is 0. The molecule has 0 bridgehead atoms. The molecule has 0 aliphatic heterocycles. The molecule has 1 atom stereocenters. The van der Waals surface area contributed by atoms with E-state index in [0.717, 1.165) is 0 Å². The molecule has 1 unspecified atom stereocenters. The van der Waals surface area contributed by atoms with E-state index in [0.29, 0.717) is 12.3 Å². The number of nitrogens with zero attached hydrogens (tertiary/aromatic N) is 1. The summed E-state index contributed by atoms with van der Waals surface area (Å²) in [7, 11) is 0. The number of benzene rings is 1. The van der Waals surface area contributed by atoms with Crippen molar-refractivity contribution in [3.8, 4) is 6.07 Å². The van der Waals surface area contributed by atoms with Crippen LogP contribution in [0.3, 0.4) is 0 Å². The maximum Gasteiger partial charge on any atom is 0.0628 e. The first-order valence-electron chi connectivity index (χ1n) is 4.59. The van der Waals surface area contributed by atoms with Crippen LogP contribution in [0.1, 0.15) is 36.0 Å². The van der Waals surface area contributed by atoms with Gasteiger partial charge in [-0.3, -0.25) is 0 Å². The van der Waals surface area contributed by atoms with Crippen LogP contribution in [0.25, 0.3) is 0 Å². The smallest absolute Gasteiger partial charge is 0.0628 e. The van der Waals surface area contributed by atoms with Gasteiger partial charge in [-0.15, -0.1) is 0 Å². The lowest BCUT2D eigenvalue weighted by atomic mass is 9.95. The van der Waals surface area contributed by atoms with Crippen LogP contribution in [0.4, 0.5) is 0 Å². The maximum atomic E-state index is 8.57. The molecule has 13 heavy (non-hydrogen) atoms. The summed E-state index contributed by atoms with van der Waals surface area (Å²) in [5, 5.41) is 8.57. The van der Waals surface area contributed by atoms with Crippen molar-refractivity contribution in [3.05, 3.63) is 34.9 Å². The molecule has 0 fully saturated rings. The second-order valence-electron chi connectivity index (χ2n) is 3.61. The van der Waals surface area contributed by atoms with Crippen LogP contribution in [0, 0.1) is 25.2 Å². The molecule has 1 rings (SSSR count). The summed E-state index contributed by atoms with van der Waals surface area (Å²) in [6.45, 7) is 6.30. The van der Waals surface area contributed by atoms with E-state index in [-0.39, 0.29) is 0 Å². The predicted molar refractivity (Wildman–Crippen MR) is 54.6 cm³/mol. The summed E-state index contributed by atoms with van der Waals surface area (Å²) in [6.07, 6.45) is 0.600. The Morgan fingerprint density at radius 2 is 2.00 bits per heavy atom. The lowest BCUT2D eigenvalue weighted by molar-refractivity contribution is 0.787. The first-order chi connectivity index (χ1) is 6.15. The molecule has 1 nitrogen and oxygen atoms in total. The molecular formula is C12H15N. The van der Waals surface area contributed by atoms with Gasteiger partial charge in [0.15, 0.2) is 0 Å². The second-order valence-corrected chi connectivity index (χ2v) is 3.61. The monoisotopic (exact) mass is 173 g/mol. The Bertz CT molecular complexity index is 333. The van der Waals surface area contributed by atoms with Crippen molar-refractivity contribution in [2.75, 3.05) is 0 Å². The Balaban J connectivity index is 2.91. The highest BCUT2D eigenvalue weighted by molar-refractivity contribution is 5.31. The summed E-state index contributed by atoms with van der Waals surface area (Å²) >= 11 is 0. The molecule has 0 saturated heterocycles. The van der Waals surface area contributed by atoms with Crippen LogP contribution in [0.2, 0.25) is 0 Å². The first kappa shape index (κ1) is 9.80. The zero-order valence-electron chi connectivity index (χ0n) is 8.46. The molecule has 0 N–H and O–H groups in total. The van der Waals surface area contributed by atoms with Gasteiger partial charge < -0.3 is 0 Å². The second kappa shape index (κ2) is 4.09. The highest BCUT2D eigenvalue weighted by atomic mass is 14.2. The minimum absolute atomic E-state index is 0.351. The van der Waals surface area contributed by atoms with Crippen molar-refractivity contribution >= 4 is 0 Å². The molecule has 0 heterocycles. The normalized spacial score (nSPS) is 12.2. The van der Waals surface area contributed by atoms with E-state index in [1.807, 2.05) is 0 Å². The van der Waals surface area contributed by atoms with Crippen LogP contribution < -0.4 is 0 Å². The minimum Gasteiger partial charge on any atom is -0.198 e. The van der Waals surface area contributed by atoms with Crippen molar-refractivity contribution in [2.24, 2.45) is 0 Å². The fourth-order valence-corrected chi connectivity index (χ4v) is 1.33. The van der Waals surface area contributed by atoms with Crippen LogP contribution in [-0.4, -0.2) is 0 Å². The predicted octanol–water partition coefficient (Wildman–Crippen LogP) is 3.32. The number of rotatable bonds is 2. The molecule has 0 amide bonds. The molecular weight excluding hydrogens is 158 g/mol. The highest BCUT2D eigenvalue weighted by Gasteiger charge is 2.05. The number of hydrogen-bond donors (Lipinski definition) is 0. The zero-order chi connectivity index (χ0) is 9.84. The molecule has 1 aromatic carbocycles. The largest absolute Gasteiger partial charge is 0.198 e. The summed E-state index contributed by atoms with van der Waals surface area (Å²) in [6, 6.07) is 8.62. The van der Waals surface area contributed by atoms with E-state index in [9.17, 15) is 0 Å². The molecule has 0 radical (unpaired) electrons.